The van der Waals surface area contributed by atoms with E-state index in [-0.39, 0.29) is 23.8 Å². The third-order valence-electron chi connectivity index (χ3n) is 6.18. The molecule has 144 valence electrons. The van der Waals surface area contributed by atoms with E-state index in [0.29, 0.717) is 12.6 Å². The van der Waals surface area contributed by atoms with Gasteiger partial charge in [0.25, 0.3) is 0 Å². The number of hydrogen-bond acceptors (Lipinski definition) is 4. The number of rotatable bonds is 6. The van der Waals surface area contributed by atoms with E-state index in [1.54, 1.807) is 0 Å². The summed E-state index contributed by atoms with van der Waals surface area (Å²) in [5.41, 5.74) is 0. The van der Waals surface area contributed by atoms with Crippen molar-refractivity contribution in [2.45, 2.75) is 69.9 Å². The normalized spacial score (nSPS) is 30.0. The molecule has 1 heterocycles. The summed E-state index contributed by atoms with van der Waals surface area (Å²) in [6.07, 6.45) is 11.8. The van der Waals surface area contributed by atoms with Crippen molar-refractivity contribution in [3.05, 3.63) is 0 Å². The first-order valence-corrected chi connectivity index (χ1v) is 11.8. The van der Waals surface area contributed by atoms with Crippen LogP contribution in [0.15, 0.2) is 0 Å². The lowest BCUT2D eigenvalue weighted by Gasteiger charge is -2.45. The van der Waals surface area contributed by atoms with Gasteiger partial charge in [0.15, 0.2) is 0 Å². The molecular formula is C18H33N3O3S. The van der Waals surface area contributed by atoms with Gasteiger partial charge in [0.1, 0.15) is 0 Å². The summed E-state index contributed by atoms with van der Waals surface area (Å²) in [5.74, 6) is 0.476. The topological polar surface area (TPSA) is 78.5 Å². The summed E-state index contributed by atoms with van der Waals surface area (Å²) in [4.78, 5) is 14.9. The van der Waals surface area contributed by atoms with Gasteiger partial charge in [-0.15, -0.1) is 0 Å². The average Bonchev–Trinajstić information content (AvgIpc) is 2.52. The van der Waals surface area contributed by atoms with Crippen molar-refractivity contribution in [1.29, 1.82) is 0 Å². The summed E-state index contributed by atoms with van der Waals surface area (Å²) >= 11 is 0. The predicted molar refractivity (Wildman–Crippen MR) is 98.7 cm³/mol. The van der Waals surface area contributed by atoms with Gasteiger partial charge in [-0.3, -0.25) is 9.69 Å². The molecule has 2 aliphatic carbocycles. The Kier molecular flexibility index (Phi) is 6.39. The van der Waals surface area contributed by atoms with Crippen LogP contribution in [-0.2, 0) is 14.8 Å². The highest BCUT2D eigenvalue weighted by molar-refractivity contribution is 7.88. The van der Waals surface area contributed by atoms with Crippen LogP contribution in [0.1, 0.15) is 57.8 Å². The summed E-state index contributed by atoms with van der Waals surface area (Å²) in [7, 11) is -3.19. The van der Waals surface area contributed by atoms with Crippen LogP contribution in [-0.4, -0.2) is 57.2 Å². The summed E-state index contributed by atoms with van der Waals surface area (Å²) in [6.45, 7) is 2.38. The number of amides is 1. The zero-order valence-corrected chi connectivity index (χ0v) is 16.2. The van der Waals surface area contributed by atoms with Crippen LogP contribution in [0.5, 0.6) is 0 Å². The first-order valence-electron chi connectivity index (χ1n) is 9.91. The molecule has 0 aromatic heterocycles. The molecule has 1 amide bonds. The fraction of sp³-hybridized carbons (Fsp3) is 0.944. The molecule has 0 spiro atoms. The zero-order valence-electron chi connectivity index (χ0n) is 15.4. The van der Waals surface area contributed by atoms with Gasteiger partial charge in [-0.05, 0) is 31.6 Å². The highest BCUT2D eigenvalue weighted by Crippen LogP contribution is 2.29. The van der Waals surface area contributed by atoms with Crippen molar-refractivity contribution < 1.29 is 13.2 Å². The molecule has 3 fully saturated rings. The minimum atomic E-state index is -3.19. The average molecular weight is 372 g/mol. The third-order valence-corrected chi connectivity index (χ3v) is 6.92. The molecule has 1 saturated heterocycles. The number of nitrogens with one attached hydrogen (secondary N) is 2. The molecule has 3 rings (SSSR count). The molecule has 2 N–H and O–H groups in total. The van der Waals surface area contributed by atoms with Gasteiger partial charge in [-0.25, -0.2) is 13.1 Å². The fourth-order valence-electron chi connectivity index (χ4n) is 4.68. The van der Waals surface area contributed by atoms with Gasteiger partial charge in [0.2, 0.25) is 15.9 Å². The maximum absolute atomic E-state index is 12.4. The lowest BCUT2D eigenvalue weighted by atomic mass is 9.84. The molecule has 7 heteroatoms. The maximum Gasteiger partial charge on any atom is 0.225 e. The first kappa shape index (κ1) is 19.1. The largest absolute Gasteiger partial charge is 0.355 e. The van der Waals surface area contributed by atoms with Crippen LogP contribution in [0.25, 0.3) is 0 Å². The van der Waals surface area contributed by atoms with E-state index in [0.717, 1.165) is 38.8 Å². The van der Waals surface area contributed by atoms with E-state index in [9.17, 15) is 13.2 Å². The van der Waals surface area contributed by atoms with Gasteiger partial charge >= 0.3 is 0 Å². The maximum atomic E-state index is 12.4. The highest BCUT2D eigenvalue weighted by atomic mass is 32.2. The third kappa shape index (κ3) is 5.41. The summed E-state index contributed by atoms with van der Waals surface area (Å²) < 4.78 is 25.8. The number of carbonyl (C=O) groups excluding carboxylic acids is 1. The molecule has 3 aliphatic rings. The van der Waals surface area contributed by atoms with Crippen LogP contribution in [0.2, 0.25) is 0 Å². The second-order valence-electron chi connectivity index (χ2n) is 8.23. The number of hydrogen-bond donors (Lipinski definition) is 2. The second kappa shape index (κ2) is 8.35. The number of nitrogens with zero attached hydrogens (tertiary/aromatic N) is 1. The van der Waals surface area contributed by atoms with Crippen LogP contribution < -0.4 is 10.0 Å². The molecule has 6 nitrogen and oxygen atoms in total. The SMILES string of the molecule is CS(=O)(=O)NC1CCCCC1CNC(=O)C1CN(C2CCCCC2)C1. The van der Waals surface area contributed by atoms with Gasteiger partial charge in [-0.1, -0.05) is 32.1 Å². The van der Waals surface area contributed by atoms with Gasteiger partial charge in [-0.2, -0.15) is 0 Å². The Balaban J connectivity index is 1.41. The Morgan fingerprint density at radius 3 is 2.32 bits per heavy atom. The lowest BCUT2D eigenvalue weighted by molar-refractivity contribution is -0.132. The van der Waals surface area contributed by atoms with Crippen molar-refractivity contribution in [3.8, 4) is 0 Å². The molecular weight excluding hydrogens is 338 g/mol. The van der Waals surface area contributed by atoms with E-state index in [1.165, 1.54) is 38.4 Å². The molecule has 0 bridgehead atoms. The van der Waals surface area contributed by atoms with Crippen molar-refractivity contribution in [2.24, 2.45) is 11.8 Å². The Morgan fingerprint density at radius 1 is 1.00 bits per heavy atom. The van der Waals surface area contributed by atoms with Crippen molar-refractivity contribution in [1.82, 2.24) is 14.9 Å². The fourth-order valence-corrected chi connectivity index (χ4v) is 5.54. The van der Waals surface area contributed by atoms with Crippen LogP contribution >= 0.6 is 0 Å². The van der Waals surface area contributed by atoms with E-state index < -0.39 is 10.0 Å². The second-order valence-corrected chi connectivity index (χ2v) is 10.0. The van der Waals surface area contributed by atoms with E-state index >= 15 is 0 Å². The van der Waals surface area contributed by atoms with Crippen molar-refractivity contribution in [3.63, 3.8) is 0 Å². The summed E-state index contributed by atoms with van der Waals surface area (Å²) in [6, 6.07) is 0.656. The monoisotopic (exact) mass is 371 g/mol. The van der Waals surface area contributed by atoms with Crippen LogP contribution in [0.3, 0.4) is 0 Å². The predicted octanol–water partition coefficient (Wildman–Crippen LogP) is 1.48. The van der Waals surface area contributed by atoms with Crippen LogP contribution in [0.4, 0.5) is 0 Å². The van der Waals surface area contributed by atoms with Gasteiger partial charge in [0.05, 0.1) is 12.2 Å². The number of carbonyl (C=O) groups is 1. The highest BCUT2D eigenvalue weighted by Gasteiger charge is 2.37. The van der Waals surface area contributed by atoms with E-state index in [4.69, 9.17) is 0 Å². The van der Waals surface area contributed by atoms with Crippen LogP contribution in [0, 0.1) is 11.8 Å². The molecule has 0 aromatic carbocycles. The first-order chi connectivity index (χ1) is 11.9. The standard InChI is InChI=1S/C18H33N3O3S/c1-25(23,24)20-17-10-6-5-7-14(17)11-19-18(22)15-12-21(13-15)16-8-3-2-4-9-16/h14-17,20H,2-13H2,1H3,(H,19,22). The quantitative estimate of drug-likeness (QED) is 0.741. The smallest absolute Gasteiger partial charge is 0.225 e. The molecule has 2 atom stereocenters. The Morgan fingerprint density at radius 2 is 1.64 bits per heavy atom. The number of likely N-dealkylation sites (tertiary alicyclic amines) is 1. The molecule has 2 unspecified atom stereocenters. The molecule has 0 radical (unpaired) electrons. The molecule has 1 aliphatic heterocycles. The Hall–Kier alpha value is -0.660. The van der Waals surface area contributed by atoms with Crippen molar-refractivity contribution >= 4 is 15.9 Å². The molecule has 25 heavy (non-hydrogen) atoms. The van der Waals surface area contributed by atoms with E-state index in [2.05, 4.69) is 14.9 Å². The Labute approximate surface area is 152 Å². The molecule has 0 aromatic rings. The Bertz CT molecular complexity index is 554. The molecule has 2 saturated carbocycles. The zero-order chi connectivity index (χ0) is 17.9. The van der Waals surface area contributed by atoms with Gasteiger partial charge in [0, 0.05) is 31.7 Å². The summed E-state index contributed by atoms with van der Waals surface area (Å²) in [5, 5.41) is 3.09. The van der Waals surface area contributed by atoms with Crippen molar-refractivity contribution in [2.75, 3.05) is 25.9 Å². The van der Waals surface area contributed by atoms with Gasteiger partial charge < -0.3 is 5.32 Å². The van der Waals surface area contributed by atoms with E-state index in [1.807, 2.05) is 0 Å². The number of sulfonamides is 1. The lowest BCUT2D eigenvalue weighted by Crippen LogP contribution is -2.58. The minimum absolute atomic E-state index is 0.0378. The minimum Gasteiger partial charge on any atom is -0.355 e.